The number of pyridine rings is 1. The van der Waals surface area contributed by atoms with E-state index in [1.807, 2.05) is 12.3 Å². The number of carbonyl (C=O) groups is 1. The fourth-order valence-electron chi connectivity index (χ4n) is 5.21. The highest BCUT2D eigenvalue weighted by Gasteiger charge is 2.30. The molecule has 3 rings (SSSR count). The summed E-state index contributed by atoms with van der Waals surface area (Å²) >= 11 is 0. The molecule has 0 spiro atoms. The topological polar surface area (TPSA) is 60.5 Å². The van der Waals surface area contributed by atoms with Gasteiger partial charge in [0.2, 0.25) is 5.91 Å². The first-order chi connectivity index (χ1) is 15.4. The molecule has 1 aromatic rings. The predicted octanol–water partition coefficient (Wildman–Crippen LogP) is 3.24. The van der Waals surface area contributed by atoms with Crippen molar-refractivity contribution in [1.82, 2.24) is 25.4 Å². The number of aryl methyl sites for hydroxylation is 1. The number of rotatable bonds is 11. The van der Waals surface area contributed by atoms with E-state index in [0.717, 1.165) is 83.6 Å². The lowest BCUT2D eigenvalue weighted by molar-refractivity contribution is -0.134. The van der Waals surface area contributed by atoms with Crippen molar-refractivity contribution < 1.29 is 4.79 Å². The summed E-state index contributed by atoms with van der Waals surface area (Å²) in [5, 5.41) is 7.14. The van der Waals surface area contributed by atoms with Crippen molar-refractivity contribution in [3.8, 4) is 0 Å². The van der Waals surface area contributed by atoms with E-state index in [0.29, 0.717) is 11.8 Å². The van der Waals surface area contributed by atoms with Crippen LogP contribution < -0.4 is 10.6 Å². The van der Waals surface area contributed by atoms with E-state index in [2.05, 4.69) is 54.2 Å². The lowest BCUT2D eigenvalue weighted by atomic mass is 9.91. The van der Waals surface area contributed by atoms with Crippen LogP contribution in [0.3, 0.4) is 0 Å². The van der Waals surface area contributed by atoms with Gasteiger partial charge < -0.3 is 15.1 Å². The van der Waals surface area contributed by atoms with Crippen LogP contribution in [0.15, 0.2) is 18.3 Å². The second-order valence-electron chi connectivity index (χ2n) is 10.5. The molecule has 1 aliphatic heterocycles. The van der Waals surface area contributed by atoms with Crippen LogP contribution in [0.25, 0.3) is 0 Å². The van der Waals surface area contributed by atoms with Crippen molar-refractivity contribution in [1.29, 1.82) is 0 Å². The Bertz CT molecular complexity index is 691. The number of piperazine rings is 1. The Kier molecular flexibility index (Phi) is 9.94. The minimum absolute atomic E-state index is 0.133. The number of carbonyl (C=O) groups excluding carboxylic acids is 1. The normalized spacial score (nSPS) is 20.1. The quantitative estimate of drug-likeness (QED) is 0.550. The SMILES string of the molecule is CC(C)CN(CCCC(NC1CCCc2cccnc21)C(=O)N1CCNCC1)CC(C)C. The van der Waals surface area contributed by atoms with Gasteiger partial charge in [0, 0.05) is 45.5 Å². The molecule has 1 amide bonds. The molecule has 1 aromatic heterocycles. The Morgan fingerprint density at radius 2 is 1.94 bits per heavy atom. The summed E-state index contributed by atoms with van der Waals surface area (Å²) in [5.74, 6) is 1.60. The van der Waals surface area contributed by atoms with E-state index >= 15 is 0 Å². The van der Waals surface area contributed by atoms with Crippen molar-refractivity contribution >= 4 is 5.91 Å². The first-order valence-corrected chi connectivity index (χ1v) is 12.9. The summed E-state index contributed by atoms with van der Waals surface area (Å²) in [6.07, 6.45) is 7.12. The maximum absolute atomic E-state index is 13.5. The number of amides is 1. The number of aromatic nitrogens is 1. The molecular weight excluding hydrogens is 398 g/mol. The van der Waals surface area contributed by atoms with Gasteiger partial charge in [-0.1, -0.05) is 33.8 Å². The summed E-state index contributed by atoms with van der Waals surface area (Å²) in [4.78, 5) is 22.8. The van der Waals surface area contributed by atoms with E-state index in [4.69, 9.17) is 4.98 Å². The van der Waals surface area contributed by atoms with E-state index < -0.39 is 0 Å². The Labute approximate surface area is 195 Å². The highest BCUT2D eigenvalue weighted by molar-refractivity contribution is 5.82. The highest BCUT2D eigenvalue weighted by atomic mass is 16.2. The lowest BCUT2D eigenvalue weighted by Crippen LogP contribution is -2.54. The smallest absolute Gasteiger partial charge is 0.239 e. The zero-order chi connectivity index (χ0) is 22.9. The standard InChI is InChI=1S/C26H45N5O/c1-20(2)18-30(19-21(3)4)15-7-11-24(26(32)31-16-13-27-14-17-31)29-23-10-5-8-22-9-6-12-28-25(22)23/h6,9,12,20-21,23-24,27,29H,5,7-8,10-11,13-19H2,1-4H3. The number of hydrogen-bond acceptors (Lipinski definition) is 5. The molecule has 0 saturated carbocycles. The molecule has 0 aromatic carbocycles. The molecule has 2 heterocycles. The van der Waals surface area contributed by atoms with Crippen molar-refractivity contribution in [3.63, 3.8) is 0 Å². The summed E-state index contributed by atoms with van der Waals surface area (Å²) in [7, 11) is 0. The van der Waals surface area contributed by atoms with Crippen LogP contribution in [0.2, 0.25) is 0 Å². The van der Waals surface area contributed by atoms with Gasteiger partial charge in [-0.05, 0) is 62.1 Å². The highest BCUT2D eigenvalue weighted by Crippen LogP contribution is 2.28. The Morgan fingerprint density at radius 3 is 2.62 bits per heavy atom. The van der Waals surface area contributed by atoms with Crippen LogP contribution >= 0.6 is 0 Å². The lowest BCUT2D eigenvalue weighted by Gasteiger charge is -2.34. The van der Waals surface area contributed by atoms with Gasteiger partial charge in [0.15, 0.2) is 0 Å². The fraction of sp³-hybridized carbons (Fsp3) is 0.769. The maximum Gasteiger partial charge on any atom is 0.239 e. The van der Waals surface area contributed by atoms with Gasteiger partial charge in [-0.3, -0.25) is 15.1 Å². The number of nitrogens with zero attached hydrogens (tertiary/aromatic N) is 3. The van der Waals surface area contributed by atoms with Crippen molar-refractivity contribution in [2.45, 2.75) is 71.9 Å². The molecule has 0 bridgehead atoms. The molecule has 1 saturated heterocycles. The molecule has 2 unspecified atom stereocenters. The van der Waals surface area contributed by atoms with Crippen LogP contribution in [0, 0.1) is 11.8 Å². The third-order valence-corrected chi connectivity index (χ3v) is 6.54. The van der Waals surface area contributed by atoms with E-state index in [-0.39, 0.29) is 18.0 Å². The van der Waals surface area contributed by atoms with Gasteiger partial charge in [0.25, 0.3) is 0 Å². The summed E-state index contributed by atoms with van der Waals surface area (Å²) in [6, 6.07) is 4.27. The van der Waals surface area contributed by atoms with Gasteiger partial charge >= 0.3 is 0 Å². The molecule has 32 heavy (non-hydrogen) atoms. The van der Waals surface area contributed by atoms with Crippen LogP contribution in [0.4, 0.5) is 0 Å². The molecule has 2 N–H and O–H groups in total. The first kappa shape index (κ1) is 25.1. The zero-order valence-electron chi connectivity index (χ0n) is 20.8. The molecule has 2 atom stereocenters. The van der Waals surface area contributed by atoms with E-state index in [1.165, 1.54) is 5.56 Å². The summed E-state index contributed by atoms with van der Waals surface area (Å²) in [6.45, 7) is 15.9. The van der Waals surface area contributed by atoms with Crippen LogP contribution in [0.1, 0.15) is 70.7 Å². The summed E-state index contributed by atoms with van der Waals surface area (Å²) < 4.78 is 0. The molecule has 6 nitrogen and oxygen atoms in total. The summed E-state index contributed by atoms with van der Waals surface area (Å²) in [5.41, 5.74) is 2.49. The van der Waals surface area contributed by atoms with Crippen molar-refractivity contribution in [3.05, 3.63) is 29.6 Å². The minimum Gasteiger partial charge on any atom is -0.339 e. The molecule has 1 fully saturated rings. The third-order valence-electron chi connectivity index (χ3n) is 6.54. The van der Waals surface area contributed by atoms with Gasteiger partial charge in [0.05, 0.1) is 17.8 Å². The largest absolute Gasteiger partial charge is 0.339 e. The Morgan fingerprint density at radius 1 is 1.22 bits per heavy atom. The number of nitrogens with one attached hydrogen (secondary N) is 2. The van der Waals surface area contributed by atoms with Crippen LogP contribution in [0.5, 0.6) is 0 Å². The van der Waals surface area contributed by atoms with Crippen LogP contribution in [-0.4, -0.2) is 72.5 Å². The maximum atomic E-state index is 13.5. The minimum atomic E-state index is -0.133. The Hall–Kier alpha value is -1.50. The van der Waals surface area contributed by atoms with Gasteiger partial charge in [-0.2, -0.15) is 0 Å². The predicted molar refractivity (Wildman–Crippen MR) is 132 cm³/mol. The number of fused-ring (bicyclic) bond motifs is 1. The third kappa shape index (κ3) is 7.53. The van der Waals surface area contributed by atoms with Crippen molar-refractivity contribution in [2.24, 2.45) is 11.8 Å². The molecule has 1 aliphatic carbocycles. The average Bonchev–Trinajstić information content (AvgIpc) is 2.78. The Balaban J connectivity index is 1.66. The molecule has 2 aliphatic rings. The first-order valence-electron chi connectivity index (χ1n) is 12.9. The van der Waals surface area contributed by atoms with Gasteiger partial charge in [-0.25, -0.2) is 0 Å². The van der Waals surface area contributed by atoms with Gasteiger partial charge in [-0.15, -0.1) is 0 Å². The van der Waals surface area contributed by atoms with E-state index in [9.17, 15) is 4.79 Å². The molecule has 180 valence electrons. The second kappa shape index (κ2) is 12.7. The zero-order valence-corrected chi connectivity index (χ0v) is 20.8. The monoisotopic (exact) mass is 443 g/mol. The van der Waals surface area contributed by atoms with Crippen LogP contribution in [-0.2, 0) is 11.2 Å². The molecular formula is C26H45N5O. The van der Waals surface area contributed by atoms with E-state index in [1.54, 1.807) is 0 Å². The number of hydrogen-bond donors (Lipinski definition) is 2. The molecule has 0 radical (unpaired) electrons. The van der Waals surface area contributed by atoms with Gasteiger partial charge in [0.1, 0.15) is 0 Å². The average molecular weight is 444 g/mol. The second-order valence-corrected chi connectivity index (χ2v) is 10.5. The fourth-order valence-corrected chi connectivity index (χ4v) is 5.21. The molecule has 6 heteroatoms. The van der Waals surface area contributed by atoms with Crippen molar-refractivity contribution in [2.75, 3.05) is 45.8 Å².